The van der Waals surface area contributed by atoms with Crippen molar-refractivity contribution in [3.8, 4) is 0 Å². The van der Waals surface area contributed by atoms with Crippen LogP contribution in [0.4, 0.5) is 0 Å². The predicted octanol–water partition coefficient (Wildman–Crippen LogP) is 1.70. The Morgan fingerprint density at radius 3 is 3.25 bits per heavy atom. The summed E-state index contributed by atoms with van der Waals surface area (Å²) in [5.74, 6) is 0. The first-order valence-electron chi connectivity index (χ1n) is 3.61. The molecule has 0 aliphatic rings. The second kappa shape index (κ2) is 1.85. The molecule has 0 amide bonds. The second-order valence-corrected chi connectivity index (χ2v) is 2.64. The molecule has 0 fully saturated rings. The largest absolute Gasteiger partial charge is 0.356 e. The third-order valence-electron chi connectivity index (χ3n) is 1.94. The van der Waals surface area contributed by atoms with Crippen molar-refractivity contribution in [2.75, 3.05) is 0 Å². The zero-order chi connectivity index (χ0) is 7.97. The highest BCUT2D eigenvalue weighted by Gasteiger charge is 2.04. The fourth-order valence-corrected chi connectivity index (χ4v) is 1.35. The number of fused-ring (bicyclic) bond motifs is 3. The lowest BCUT2D eigenvalue weighted by atomic mass is 10.2. The average molecular weight is 159 g/mol. The molecule has 2 heterocycles. The first-order chi connectivity index (χ1) is 5.95. The van der Waals surface area contributed by atoms with Crippen molar-refractivity contribution >= 4 is 21.9 Å². The van der Waals surface area contributed by atoms with Crippen molar-refractivity contribution in [2.24, 2.45) is 0 Å². The first-order valence-corrected chi connectivity index (χ1v) is 3.61. The molecule has 0 saturated carbocycles. The van der Waals surface area contributed by atoms with Gasteiger partial charge in [-0.15, -0.1) is 0 Å². The number of aromatic amines is 1. The van der Waals surface area contributed by atoms with E-state index in [2.05, 4.69) is 15.4 Å². The molecule has 0 radical (unpaired) electrons. The van der Waals surface area contributed by atoms with E-state index in [-0.39, 0.29) is 0 Å². The van der Waals surface area contributed by atoms with Crippen molar-refractivity contribution in [3.05, 3.63) is 24.5 Å². The molecular formula is C8H5N3O. The quantitative estimate of drug-likeness (QED) is 0.543. The summed E-state index contributed by atoms with van der Waals surface area (Å²) in [6.45, 7) is 0. The van der Waals surface area contributed by atoms with E-state index in [1.807, 2.05) is 12.1 Å². The Morgan fingerprint density at radius 1 is 1.25 bits per heavy atom. The summed E-state index contributed by atoms with van der Waals surface area (Å²) >= 11 is 0. The zero-order valence-electron chi connectivity index (χ0n) is 6.11. The van der Waals surface area contributed by atoms with Crippen LogP contribution >= 0.6 is 0 Å². The molecule has 4 nitrogen and oxygen atoms in total. The topological polar surface area (TPSA) is 54.7 Å². The van der Waals surface area contributed by atoms with Crippen molar-refractivity contribution < 1.29 is 4.52 Å². The van der Waals surface area contributed by atoms with Crippen LogP contribution in [-0.4, -0.2) is 15.4 Å². The van der Waals surface area contributed by atoms with Crippen LogP contribution in [0.3, 0.4) is 0 Å². The number of benzene rings is 1. The highest BCUT2D eigenvalue weighted by atomic mass is 16.5. The number of rotatable bonds is 0. The third-order valence-corrected chi connectivity index (χ3v) is 1.94. The summed E-state index contributed by atoms with van der Waals surface area (Å²) in [5.41, 5.74) is 1.76. The molecular weight excluding hydrogens is 154 g/mol. The maximum Gasteiger partial charge on any atom is 0.177 e. The van der Waals surface area contributed by atoms with E-state index in [4.69, 9.17) is 4.52 Å². The van der Waals surface area contributed by atoms with E-state index in [9.17, 15) is 0 Å². The van der Waals surface area contributed by atoms with E-state index in [1.54, 1.807) is 12.4 Å². The van der Waals surface area contributed by atoms with Gasteiger partial charge < -0.3 is 4.52 Å². The second-order valence-electron chi connectivity index (χ2n) is 2.64. The Morgan fingerprint density at radius 2 is 2.25 bits per heavy atom. The van der Waals surface area contributed by atoms with Crippen LogP contribution in [-0.2, 0) is 0 Å². The molecule has 1 N–H and O–H groups in total. The lowest BCUT2D eigenvalue weighted by molar-refractivity contribution is 0.458. The van der Waals surface area contributed by atoms with Gasteiger partial charge in [-0.25, -0.2) is 0 Å². The highest BCUT2D eigenvalue weighted by Crippen LogP contribution is 2.22. The molecule has 0 unspecified atom stereocenters. The number of aromatic nitrogens is 3. The SMILES string of the molecule is c1cc2[nH]ncc2c2oncc12. The minimum absolute atomic E-state index is 0.793. The van der Waals surface area contributed by atoms with Crippen molar-refractivity contribution in [2.45, 2.75) is 0 Å². The van der Waals surface area contributed by atoms with Gasteiger partial charge >= 0.3 is 0 Å². The van der Waals surface area contributed by atoms with E-state index in [1.165, 1.54) is 0 Å². The van der Waals surface area contributed by atoms with E-state index in [0.717, 1.165) is 21.9 Å². The smallest absolute Gasteiger partial charge is 0.177 e. The molecule has 0 bridgehead atoms. The summed E-state index contributed by atoms with van der Waals surface area (Å²) in [4.78, 5) is 0. The summed E-state index contributed by atoms with van der Waals surface area (Å²) in [5, 5.41) is 12.5. The van der Waals surface area contributed by atoms with E-state index in [0.29, 0.717) is 0 Å². The van der Waals surface area contributed by atoms with Crippen LogP contribution in [0.2, 0.25) is 0 Å². The Balaban J connectivity index is 2.71. The summed E-state index contributed by atoms with van der Waals surface area (Å²) in [6, 6.07) is 3.91. The van der Waals surface area contributed by atoms with Gasteiger partial charge in [0.1, 0.15) is 0 Å². The molecule has 3 aromatic rings. The molecule has 3 rings (SSSR count). The van der Waals surface area contributed by atoms with Crippen LogP contribution < -0.4 is 0 Å². The fraction of sp³-hybridized carbons (Fsp3) is 0. The molecule has 12 heavy (non-hydrogen) atoms. The predicted molar refractivity (Wildman–Crippen MR) is 43.7 cm³/mol. The van der Waals surface area contributed by atoms with Crippen LogP contribution in [0.25, 0.3) is 21.9 Å². The molecule has 0 aliphatic carbocycles. The van der Waals surface area contributed by atoms with Gasteiger partial charge in [0.15, 0.2) is 5.58 Å². The average Bonchev–Trinajstić information content (AvgIpc) is 2.71. The summed E-state index contributed by atoms with van der Waals surface area (Å²) in [7, 11) is 0. The molecule has 0 spiro atoms. The number of nitrogens with one attached hydrogen (secondary N) is 1. The fourth-order valence-electron chi connectivity index (χ4n) is 1.35. The molecule has 2 aromatic heterocycles. The van der Waals surface area contributed by atoms with Gasteiger partial charge in [-0.05, 0) is 12.1 Å². The lowest BCUT2D eigenvalue weighted by Crippen LogP contribution is -1.67. The van der Waals surface area contributed by atoms with Gasteiger partial charge in [0.2, 0.25) is 0 Å². The Labute approximate surface area is 67.2 Å². The molecule has 0 saturated heterocycles. The highest BCUT2D eigenvalue weighted by molar-refractivity contribution is 6.01. The van der Waals surface area contributed by atoms with E-state index < -0.39 is 0 Å². The normalized spacial score (nSPS) is 11.3. The summed E-state index contributed by atoms with van der Waals surface area (Å²) < 4.78 is 5.08. The first kappa shape index (κ1) is 5.77. The van der Waals surface area contributed by atoms with E-state index >= 15 is 0 Å². The molecule has 0 atom stereocenters. The van der Waals surface area contributed by atoms with Crippen molar-refractivity contribution in [3.63, 3.8) is 0 Å². The van der Waals surface area contributed by atoms with Crippen LogP contribution in [0, 0.1) is 0 Å². The monoisotopic (exact) mass is 159 g/mol. The standard InChI is InChI=1S/C8H5N3O/c1-2-7-6(4-9-11-7)8-5(1)3-10-12-8/h1-4H,(H,9,11). The van der Waals surface area contributed by atoms with Crippen molar-refractivity contribution in [1.82, 2.24) is 15.4 Å². The van der Waals surface area contributed by atoms with Crippen LogP contribution in [0.5, 0.6) is 0 Å². The molecule has 0 aliphatic heterocycles. The summed E-state index contributed by atoms with van der Waals surface area (Å²) in [6.07, 6.45) is 3.44. The molecule has 4 heteroatoms. The Kier molecular flexibility index (Phi) is 0.889. The number of hydrogen-bond donors (Lipinski definition) is 1. The zero-order valence-corrected chi connectivity index (χ0v) is 6.11. The number of nitrogens with zero attached hydrogens (tertiary/aromatic N) is 2. The van der Waals surface area contributed by atoms with Crippen molar-refractivity contribution in [1.29, 1.82) is 0 Å². The van der Waals surface area contributed by atoms with Crippen LogP contribution in [0.15, 0.2) is 29.0 Å². The molecule has 58 valence electrons. The minimum Gasteiger partial charge on any atom is -0.356 e. The van der Waals surface area contributed by atoms with Gasteiger partial charge in [-0.3, -0.25) is 5.10 Å². The number of H-pyrrole nitrogens is 1. The number of hydrogen-bond acceptors (Lipinski definition) is 3. The Hall–Kier alpha value is -1.84. The van der Waals surface area contributed by atoms with Gasteiger partial charge in [0, 0.05) is 5.39 Å². The molecule has 1 aromatic carbocycles. The van der Waals surface area contributed by atoms with Gasteiger partial charge in [-0.1, -0.05) is 5.16 Å². The maximum atomic E-state index is 5.08. The maximum absolute atomic E-state index is 5.08. The Bertz CT molecular complexity index is 487. The third kappa shape index (κ3) is 0.567. The van der Waals surface area contributed by atoms with Gasteiger partial charge in [0.25, 0.3) is 0 Å². The lowest BCUT2D eigenvalue weighted by Gasteiger charge is -1.86. The minimum atomic E-state index is 0.793. The van der Waals surface area contributed by atoms with Gasteiger partial charge in [0.05, 0.1) is 23.3 Å². The van der Waals surface area contributed by atoms with Gasteiger partial charge in [-0.2, -0.15) is 5.10 Å². The van der Waals surface area contributed by atoms with Crippen LogP contribution in [0.1, 0.15) is 0 Å².